The summed E-state index contributed by atoms with van der Waals surface area (Å²) >= 11 is 0. The summed E-state index contributed by atoms with van der Waals surface area (Å²) in [5, 5.41) is 0. The molecule has 3 atom stereocenters. The van der Waals surface area contributed by atoms with E-state index in [4.69, 9.17) is 10.6 Å². The number of hydrazine groups is 1. The third-order valence-electron chi connectivity index (χ3n) is 2.99. The molecule has 82 valence electrons. The Morgan fingerprint density at radius 2 is 2.36 bits per heavy atom. The molecule has 1 aliphatic rings. The van der Waals surface area contributed by atoms with E-state index in [9.17, 15) is 4.79 Å². The Kier molecular flexibility index (Phi) is 3.86. The predicted molar refractivity (Wildman–Crippen MR) is 53.4 cm³/mol. The molecule has 1 rings (SSSR count). The summed E-state index contributed by atoms with van der Waals surface area (Å²) in [4.78, 5) is 13.3. The molecule has 0 aromatic heterocycles. The molecule has 0 aromatic carbocycles. The van der Waals surface area contributed by atoms with Crippen LogP contribution in [0.5, 0.6) is 0 Å². The van der Waals surface area contributed by atoms with Crippen LogP contribution in [-0.2, 0) is 9.53 Å². The highest BCUT2D eigenvalue weighted by atomic mass is 16.5. The number of carbonyl (C=O) groups excluding carboxylic acids is 1. The molecule has 0 spiro atoms. The molecule has 5 nitrogen and oxygen atoms in total. The van der Waals surface area contributed by atoms with Gasteiger partial charge in [0.05, 0.1) is 12.1 Å². The van der Waals surface area contributed by atoms with E-state index in [-0.39, 0.29) is 18.1 Å². The maximum Gasteiger partial charge on any atom is 0.250 e. The lowest BCUT2D eigenvalue weighted by Gasteiger charge is -2.30. The standard InChI is InChI=1S/C9H19N3O2/c1-6(9(13)11-10)12(3)8-4-5-14-7(8)2/h6-8H,4-5,10H2,1-3H3,(H,11,13). The molecule has 0 bridgehead atoms. The van der Waals surface area contributed by atoms with E-state index < -0.39 is 0 Å². The van der Waals surface area contributed by atoms with Crippen molar-refractivity contribution in [3.05, 3.63) is 0 Å². The van der Waals surface area contributed by atoms with Crippen LogP contribution in [0.2, 0.25) is 0 Å². The summed E-state index contributed by atoms with van der Waals surface area (Å²) in [5.41, 5.74) is 2.16. The van der Waals surface area contributed by atoms with Crippen molar-refractivity contribution in [2.24, 2.45) is 5.84 Å². The van der Waals surface area contributed by atoms with Crippen LogP contribution < -0.4 is 11.3 Å². The minimum absolute atomic E-state index is 0.161. The molecular formula is C9H19N3O2. The molecule has 14 heavy (non-hydrogen) atoms. The van der Waals surface area contributed by atoms with Crippen LogP contribution >= 0.6 is 0 Å². The van der Waals surface area contributed by atoms with E-state index in [2.05, 4.69) is 5.43 Å². The number of carbonyl (C=O) groups is 1. The fraction of sp³-hybridized carbons (Fsp3) is 0.889. The average Bonchev–Trinajstić information content (AvgIpc) is 2.61. The Morgan fingerprint density at radius 3 is 2.79 bits per heavy atom. The highest BCUT2D eigenvalue weighted by Gasteiger charge is 2.32. The van der Waals surface area contributed by atoms with Crippen LogP contribution in [0.3, 0.4) is 0 Å². The Balaban J connectivity index is 2.55. The third kappa shape index (κ3) is 2.23. The molecule has 0 aromatic rings. The lowest BCUT2D eigenvalue weighted by atomic mass is 10.1. The highest BCUT2D eigenvalue weighted by molar-refractivity contribution is 5.80. The summed E-state index contributed by atoms with van der Waals surface area (Å²) in [7, 11) is 1.93. The summed E-state index contributed by atoms with van der Waals surface area (Å²) in [5.74, 6) is 4.93. The van der Waals surface area contributed by atoms with Crippen molar-refractivity contribution in [1.82, 2.24) is 10.3 Å². The molecule has 3 unspecified atom stereocenters. The maximum atomic E-state index is 11.3. The fourth-order valence-corrected chi connectivity index (χ4v) is 1.85. The van der Waals surface area contributed by atoms with Crippen molar-refractivity contribution < 1.29 is 9.53 Å². The first kappa shape index (κ1) is 11.4. The molecule has 0 saturated carbocycles. The molecule has 0 aliphatic carbocycles. The normalized spacial score (nSPS) is 29.2. The van der Waals surface area contributed by atoms with Gasteiger partial charge in [0.2, 0.25) is 0 Å². The number of hydrogen-bond donors (Lipinski definition) is 2. The van der Waals surface area contributed by atoms with Crippen molar-refractivity contribution in [1.29, 1.82) is 0 Å². The quantitative estimate of drug-likeness (QED) is 0.366. The minimum atomic E-state index is -0.214. The second-order valence-corrected chi connectivity index (χ2v) is 3.78. The van der Waals surface area contributed by atoms with Gasteiger partial charge in [-0.2, -0.15) is 0 Å². The highest BCUT2D eigenvalue weighted by Crippen LogP contribution is 2.19. The Hall–Kier alpha value is -0.650. The van der Waals surface area contributed by atoms with Crippen molar-refractivity contribution in [2.75, 3.05) is 13.7 Å². The zero-order valence-corrected chi connectivity index (χ0v) is 8.99. The van der Waals surface area contributed by atoms with Gasteiger partial charge in [0.1, 0.15) is 0 Å². The Morgan fingerprint density at radius 1 is 1.71 bits per heavy atom. The van der Waals surface area contributed by atoms with Crippen LogP contribution in [0.1, 0.15) is 20.3 Å². The second kappa shape index (κ2) is 4.72. The summed E-state index contributed by atoms with van der Waals surface area (Å²) in [6.07, 6.45) is 1.16. The first-order valence-electron chi connectivity index (χ1n) is 4.92. The summed E-state index contributed by atoms with van der Waals surface area (Å²) < 4.78 is 5.45. The molecule has 0 radical (unpaired) electrons. The second-order valence-electron chi connectivity index (χ2n) is 3.78. The largest absolute Gasteiger partial charge is 0.377 e. The van der Waals surface area contributed by atoms with Gasteiger partial charge in [0, 0.05) is 12.6 Å². The number of hydrogen-bond acceptors (Lipinski definition) is 4. The lowest BCUT2D eigenvalue weighted by molar-refractivity contribution is -0.126. The van der Waals surface area contributed by atoms with Gasteiger partial charge in [-0.25, -0.2) is 5.84 Å². The smallest absolute Gasteiger partial charge is 0.250 e. The predicted octanol–water partition coefficient (Wildman–Crippen LogP) is -0.526. The van der Waals surface area contributed by atoms with Gasteiger partial charge in [-0.3, -0.25) is 15.1 Å². The van der Waals surface area contributed by atoms with Crippen molar-refractivity contribution in [3.8, 4) is 0 Å². The molecule has 1 amide bonds. The van der Waals surface area contributed by atoms with E-state index in [1.54, 1.807) is 0 Å². The third-order valence-corrected chi connectivity index (χ3v) is 2.99. The monoisotopic (exact) mass is 201 g/mol. The average molecular weight is 201 g/mol. The molecule has 1 fully saturated rings. The van der Waals surface area contributed by atoms with E-state index in [1.165, 1.54) is 0 Å². The van der Waals surface area contributed by atoms with Gasteiger partial charge in [0.15, 0.2) is 0 Å². The van der Waals surface area contributed by atoms with Crippen molar-refractivity contribution >= 4 is 5.91 Å². The molecule has 1 saturated heterocycles. The van der Waals surface area contributed by atoms with Crippen molar-refractivity contribution in [3.63, 3.8) is 0 Å². The molecular weight excluding hydrogens is 182 g/mol. The van der Waals surface area contributed by atoms with Gasteiger partial charge in [-0.05, 0) is 27.3 Å². The van der Waals surface area contributed by atoms with Gasteiger partial charge >= 0.3 is 0 Å². The van der Waals surface area contributed by atoms with Crippen LogP contribution in [0.15, 0.2) is 0 Å². The van der Waals surface area contributed by atoms with Crippen LogP contribution in [0, 0.1) is 0 Å². The number of nitrogens with zero attached hydrogens (tertiary/aromatic N) is 1. The van der Waals surface area contributed by atoms with E-state index in [0.717, 1.165) is 13.0 Å². The number of nitrogens with one attached hydrogen (secondary N) is 1. The summed E-state index contributed by atoms with van der Waals surface area (Å²) in [6.45, 7) is 4.64. The zero-order chi connectivity index (χ0) is 10.7. The maximum absolute atomic E-state index is 11.3. The lowest BCUT2D eigenvalue weighted by Crippen LogP contribution is -2.51. The summed E-state index contributed by atoms with van der Waals surface area (Å²) in [6, 6.07) is 0.0939. The van der Waals surface area contributed by atoms with E-state index in [0.29, 0.717) is 6.04 Å². The topological polar surface area (TPSA) is 67.6 Å². The Bertz CT molecular complexity index is 210. The van der Waals surface area contributed by atoms with Crippen LogP contribution in [-0.4, -0.2) is 42.6 Å². The van der Waals surface area contributed by atoms with Gasteiger partial charge in [-0.1, -0.05) is 0 Å². The van der Waals surface area contributed by atoms with Gasteiger partial charge in [-0.15, -0.1) is 0 Å². The molecule has 5 heteroatoms. The number of nitrogens with two attached hydrogens (primary N) is 1. The fourth-order valence-electron chi connectivity index (χ4n) is 1.85. The van der Waals surface area contributed by atoms with Gasteiger partial charge < -0.3 is 4.74 Å². The SMILES string of the molecule is CC1OCCC1N(C)C(C)C(=O)NN. The first-order chi connectivity index (χ1) is 6.57. The van der Waals surface area contributed by atoms with Crippen molar-refractivity contribution in [2.45, 2.75) is 38.5 Å². The van der Waals surface area contributed by atoms with Crippen LogP contribution in [0.25, 0.3) is 0 Å². The molecule has 1 heterocycles. The van der Waals surface area contributed by atoms with E-state index >= 15 is 0 Å². The molecule has 3 N–H and O–H groups in total. The number of likely N-dealkylation sites (N-methyl/N-ethyl adjacent to an activating group) is 1. The number of amides is 1. The number of rotatable bonds is 3. The first-order valence-corrected chi connectivity index (χ1v) is 4.92. The van der Waals surface area contributed by atoms with E-state index in [1.807, 2.05) is 25.8 Å². The molecule has 1 aliphatic heterocycles. The minimum Gasteiger partial charge on any atom is -0.377 e. The van der Waals surface area contributed by atoms with Crippen LogP contribution in [0.4, 0.5) is 0 Å². The van der Waals surface area contributed by atoms with Gasteiger partial charge in [0.25, 0.3) is 5.91 Å². The Labute approximate surface area is 84.5 Å². The zero-order valence-electron chi connectivity index (χ0n) is 8.99. The number of ether oxygens (including phenoxy) is 1.